The first-order valence-electron chi connectivity index (χ1n) is 5.77. The van der Waals surface area contributed by atoms with Gasteiger partial charge < -0.3 is 16.2 Å². The van der Waals surface area contributed by atoms with Crippen LogP contribution in [0.2, 0.25) is 5.02 Å². The van der Waals surface area contributed by atoms with Crippen LogP contribution in [0, 0.1) is 0 Å². The molecule has 1 amide bonds. The highest BCUT2D eigenvalue weighted by molar-refractivity contribution is 9.10. The molecule has 0 bridgehead atoms. The van der Waals surface area contributed by atoms with E-state index >= 15 is 0 Å². The lowest BCUT2D eigenvalue weighted by Gasteiger charge is -2.08. The quantitative estimate of drug-likeness (QED) is 0.720. The SMILES string of the molecule is Nc1cc(Br)cc(C(=O)Nc2ccc(Cl)c(C(=O)O)c2)c1. The fraction of sp³-hybridized carbons (Fsp3) is 0. The normalized spacial score (nSPS) is 10.2. The molecule has 0 spiro atoms. The molecule has 0 aliphatic carbocycles. The first kappa shape index (κ1) is 15.3. The fourth-order valence-corrected chi connectivity index (χ4v) is 2.42. The lowest BCUT2D eigenvalue weighted by atomic mass is 10.1. The number of aromatic carboxylic acids is 1. The molecule has 0 saturated carbocycles. The van der Waals surface area contributed by atoms with Crippen LogP contribution in [0.4, 0.5) is 11.4 Å². The summed E-state index contributed by atoms with van der Waals surface area (Å²) in [4.78, 5) is 23.1. The Hall–Kier alpha value is -2.05. The maximum absolute atomic E-state index is 12.1. The highest BCUT2D eigenvalue weighted by atomic mass is 79.9. The zero-order valence-electron chi connectivity index (χ0n) is 10.6. The summed E-state index contributed by atoms with van der Waals surface area (Å²) in [6.45, 7) is 0. The van der Waals surface area contributed by atoms with Crippen LogP contribution in [0.5, 0.6) is 0 Å². The molecule has 0 aliphatic heterocycles. The van der Waals surface area contributed by atoms with Gasteiger partial charge in [-0.05, 0) is 36.4 Å². The number of hydrogen-bond donors (Lipinski definition) is 3. The van der Waals surface area contributed by atoms with Gasteiger partial charge in [-0.15, -0.1) is 0 Å². The van der Waals surface area contributed by atoms with Crippen molar-refractivity contribution >= 4 is 50.8 Å². The maximum atomic E-state index is 12.1. The van der Waals surface area contributed by atoms with Gasteiger partial charge in [-0.1, -0.05) is 27.5 Å². The van der Waals surface area contributed by atoms with Crippen LogP contribution in [0.15, 0.2) is 40.9 Å². The number of nitrogens with one attached hydrogen (secondary N) is 1. The van der Waals surface area contributed by atoms with Crippen molar-refractivity contribution in [3.63, 3.8) is 0 Å². The summed E-state index contributed by atoms with van der Waals surface area (Å²) < 4.78 is 0.676. The van der Waals surface area contributed by atoms with Gasteiger partial charge in [-0.2, -0.15) is 0 Å². The highest BCUT2D eigenvalue weighted by Gasteiger charge is 2.12. The molecule has 0 fully saturated rings. The summed E-state index contributed by atoms with van der Waals surface area (Å²) in [7, 11) is 0. The minimum Gasteiger partial charge on any atom is -0.478 e. The Balaban J connectivity index is 2.27. The van der Waals surface area contributed by atoms with E-state index in [-0.39, 0.29) is 10.6 Å². The maximum Gasteiger partial charge on any atom is 0.337 e. The van der Waals surface area contributed by atoms with E-state index in [0.29, 0.717) is 21.4 Å². The van der Waals surface area contributed by atoms with E-state index in [1.165, 1.54) is 24.3 Å². The predicted octanol–water partition coefficient (Wildman–Crippen LogP) is 3.64. The van der Waals surface area contributed by atoms with E-state index in [1.807, 2.05) is 0 Å². The van der Waals surface area contributed by atoms with E-state index < -0.39 is 11.9 Å². The van der Waals surface area contributed by atoms with Gasteiger partial charge in [0.1, 0.15) is 0 Å². The van der Waals surface area contributed by atoms with Crippen molar-refractivity contribution in [1.29, 1.82) is 0 Å². The van der Waals surface area contributed by atoms with E-state index in [1.54, 1.807) is 12.1 Å². The van der Waals surface area contributed by atoms with Crippen LogP contribution in [0.25, 0.3) is 0 Å². The second-order valence-corrected chi connectivity index (χ2v) is 5.55. The van der Waals surface area contributed by atoms with Gasteiger partial charge >= 0.3 is 5.97 Å². The standard InChI is InChI=1S/C14H10BrClN2O3/c15-8-3-7(4-9(17)5-8)13(19)18-10-1-2-12(16)11(6-10)14(20)21/h1-6H,17H2,(H,18,19)(H,20,21). The number of carboxylic acids is 1. The summed E-state index contributed by atoms with van der Waals surface area (Å²) in [5.74, 6) is -1.57. The Morgan fingerprint density at radius 1 is 1.19 bits per heavy atom. The largest absolute Gasteiger partial charge is 0.478 e. The van der Waals surface area contributed by atoms with Crippen molar-refractivity contribution in [2.24, 2.45) is 0 Å². The Bertz CT molecular complexity index is 714. The van der Waals surface area contributed by atoms with Gasteiger partial charge in [-0.3, -0.25) is 4.79 Å². The number of nitrogen functional groups attached to an aromatic ring is 1. The number of carboxylic acid groups (broad SMARTS) is 1. The van der Waals surface area contributed by atoms with E-state index in [0.717, 1.165) is 0 Å². The van der Waals surface area contributed by atoms with Crippen LogP contribution in [0.3, 0.4) is 0 Å². The molecular formula is C14H10BrClN2O3. The van der Waals surface area contributed by atoms with Crippen LogP contribution < -0.4 is 11.1 Å². The van der Waals surface area contributed by atoms with Crippen molar-refractivity contribution < 1.29 is 14.7 Å². The minimum atomic E-state index is -1.16. The monoisotopic (exact) mass is 368 g/mol. The molecular weight excluding hydrogens is 360 g/mol. The van der Waals surface area contributed by atoms with Crippen LogP contribution in [-0.4, -0.2) is 17.0 Å². The molecule has 4 N–H and O–H groups in total. The number of amides is 1. The average molecular weight is 370 g/mol. The fourth-order valence-electron chi connectivity index (χ4n) is 1.71. The summed E-state index contributed by atoms with van der Waals surface area (Å²) in [6, 6.07) is 9.03. The van der Waals surface area contributed by atoms with Gasteiger partial charge in [0.2, 0.25) is 0 Å². The molecule has 5 nitrogen and oxygen atoms in total. The second-order valence-electron chi connectivity index (χ2n) is 4.23. The van der Waals surface area contributed by atoms with E-state index in [9.17, 15) is 9.59 Å². The van der Waals surface area contributed by atoms with E-state index in [2.05, 4.69) is 21.2 Å². The van der Waals surface area contributed by atoms with Crippen molar-refractivity contribution in [3.8, 4) is 0 Å². The van der Waals surface area contributed by atoms with Crippen molar-refractivity contribution in [2.45, 2.75) is 0 Å². The Morgan fingerprint density at radius 3 is 2.52 bits per heavy atom. The third-order valence-corrected chi connectivity index (χ3v) is 3.42. The number of rotatable bonds is 3. The molecule has 21 heavy (non-hydrogen) atoms. The summed E-state index contributed by atoms with van der Waals surface area (Å²) >= 11 is 9.02. The molecule has 2 rings (SSSR count). The van der Waals surface area contributed by atoms with Gasteiger partial charge in [0.15, 0.2) is 0 Å². The van der Waals surface area contributed by atoms with Gasteiger partial charge in [0.05, 0.1) is 10.6 Å². The van der Waals surface area contributed by atoms with Crippen LogP contribution in [0.1, 0.15) is 20.7 Å². The molecule has 0 atom stereocenters. The van der Waals surface area contributed by atoms with Crippen LogP contribution in [-0.2, 0) is 0 Å². The first-order chi connectivity index (χ1) is 9.86. The molecule has 0 heterocycles. The number of carbonyl (C=O) groups is 2. The molecule has 7 heteroatoms. The smallest absolute Gasteiger partial charge is 0.337 e. The van der Waals surface area contributed by atoms with Crippen molar-refractivity contribution in [3.05, 3.63) is 57.0 Å². The molecule has 0 aromatic heterocycles. The number of carbonyl (C=O) groups excluding carboxylic acids is 1. The van der Waals surface area contributed by atoms with E-state index in [4.69, 9.17) is 22.4 Å². The molecule has 108 valence electrons. The average Bonchev–Trinajstić information content (AvgIpc) is 2.39. The molecule has 0 radical (unpaired) electrons. The topological polar surface area (TPSA) is 92.4 Å². The lowest BCUT2D eigenvalue weighted by Crippen LogP contribution is -2.13. The summed E-state index contributed by atoms with van der Waals surface area (Å²) in [5, 5.41) is 11.7. The number of halogens is 2. The number of benzene rings is 2. The zero-order valence-corrected chi connectivity index (χ0v) is 12.9. The third kappa shape index (κ3) is 3.74. The summed E-state index contributed by atoms with van der Waals surface area (Å²) in [5.41, 5.74) is 6.72. The van der Waals surface area contributed by atoms with Crippen molar-refractivity contribution in [2.75, 3.05) is 11.1 Å². The molecule has 0 aliphatic rings. The Kier molecular flexibility index (Phi) is 4.50. The number of anilines is 2. The lowest BCUT2D eigenvalue weighted by molar-refractivity contribution is 0.0696. The van der Waals surface area contributed by atoms with Crippen LogP contribution >= 0.6 is 27.5 Å². The molecule has 0 saturated heterocycles. The van der Waals surface area contributed by atoms with Gasteiger partial charge in [-0.25, -0.2) is 4.79 Å². The van der Waals surface area contributed by atoms with Gasteiger partial charge in [0.25, 0.3) is 5.91 Å². The van der Waals surface area contributed by atoms with Gasteiger partial charge in [0, 0.05) is 21.4 Å². The summed E-state index contributed by atoms with van der Waals surface area (Å²) in [6.07, 6.45) is 0. The highest BCUT2D eigenvalue weighted by Crippen LogP contribution is 2.22. The van der Waals surface area contributed by atoms with Crippen molar-refractivity contribution in [1.82, 2.24) is 0 Å². The Labute approximate surface area is 133 Å². The minimum absolute atomic E-state index is 0.0803. The number of hydrogen-bond acceptors (Lipinski definition) is 3. The second kappa shape index (κ2) is 6.15. The molecule has 0 unspecified atom stereocenters. The predicted molar refractivity (Wildman–Crippen MR) is 84.9 cm³/mol. The Morgan fingerprint density at radius 2 is 1.90 bits per heavy atom. The third-order valence-electron chi connectivity index (χ3n) is 2.64. The molecule has 2 aromatic rings. The molecule has 2 aromatic carbocycles. The first-order valence-corrected chi connectivity index (χ1v) is 6.94. The zero-order chi connectivity index (χ0) is 15.6. The number of nitrogens with two attached hydrogens (primary N) is 1.